The lowest BCUT2D eigenvalue weighted by atomic mass is 9.80. The molecule has 0 N–H and O–H groups in total. The maximum atomic E-state index is 13.2. The molecule has 0 nitrogen and oxygen atoms in total. The first-order valence-electron chi connectivity index (χ1n) is 7.34. The Labute approximate surface area is 118 Å². The van der Waals surface area contributed by atoms with Crippen molar-refractivity contribution in [1.82, 2.24) is 0 Å². The van der Waals surface area contributed by atoms with E-state index in [1.165, 1.54) is 31.3 Å². The van der Waals surface area contributed by atoms with Crippen LogP contribution < -0.4 is 0 Å². The molecule has 0 fully saturated rings. The predicted molar refractivity (Wildman–Crippen MR) is 82.2 cm³/mol. The Balaban J connectivity index is 2.68. The molecule has 0 saturated heterocycles. The molecular formula is C16H29FS. The van der Waals surface area contributed by atoms with Gasteiger partial charge in [0.05, 0.1) is 6.67 Å². The van der Waals surface area contributed by atoms with E-state index in [0.29, 0.717) is 0 Å². The molecular weight excluding hydrogens is 243 g/mol. The van der Waals surface area contributed by atoms with Crippen LogP contribution in [0.2, 0.25) is 0 Å². The van der Waals surface area contributed by atoms with Crippen molar-refractivity contribution in [2.75, 3.05) is 6.67 Å². The zero-order valence-corrected chi connectivity index (χ0v) is 13.2. The summed E-state index contributed by atoms with van der Waals surface area (Å²) in [7, 11) is 0. The molecule has 1 aliphatic rings. The number of alkyl halides is 1. The molecule has 0 bridgehead atoms. The van der Waals surface area contributed by atoms with Crippen molar-refractivity contribution in [2.45, 2.75) is 76.9 Å². The first-order chi connectivity index (χ1) is 8.37. The minimum atomic E-state index is -0.175. The summed E-state index contributed by atoms with van der Waals surface area (Å²) in [6.07, 6.45) is 11.3. The highest BCUT2D eigenvalue weighted by molar-refractivity contribution is 7.82. The van der Waals surface area contributed by atoms with E-state index >= 15 is 0 Å². The van der Waals surface area contributed by atoms with Gasteiger partial charge in [0.15, 0.2) is 0 Å². The van der Waals surface area contributed by atoms with E-state index in [-0.39, 0.29) is 16.8 Å². The maximum Gasteiger partial charge on any atom is 0.0947 e. The highest BCUT2D eigenvalue weighted by Gasteiger charge is 2.25. The summed E-state index contributed by atoms with van der Waals surface area (Å²) < 4.78 is 13.2. The first-order valence-corrected chi connectivity index (χ1v) is 7.78. The van der Waals surface area contributed by atoms with Crippen LogP contribution in [0.1, 0.15) is 72.1 Å². The van der Waals surface area contributed by atoms with Crippen LogP contribution in [0.15, 0.2) is 11.6 Å². The number of rotatable bonds is 1. The van der Waals surface area contributed by atoms with E-state index in [2.05, 4.69) is 26.8 Å². The molecule has 0 spiro atoms. The zero-order chi connectivity index (χ0) is 13.6. The van der Waals surface area contributed by atoms with E-state index in [9.17, 15) is 4.39 Å². The molecule has 2 atom stereocenters. The quantitative estimate of drug-likeness (QED) is 0.457. The van der Waals surface area contributed by atoms with Gasteiger partial charge in [0.25, 0.3) is 0 Å². The Kier molecular flexibility index (Phi) is 6.23. The fourth-order valence-electron chi connectivity index (χ4n) is 2.94. The normalized spacial score (nSPS) is 39.3. The van der Waals surface area contributed by atoms with Gasteiger partial charge < -0.3 is 0 Å². The minimum absolute atomic E-state index is 0.0273. The molecule has 1 aliphatic carbocycles. The Morgan fingerprint density at radius 3 is 2.44 bits per heavy atom. The van der Waals surface area contributed by atoms with Gasteiger partial charge in [0.2, 0.25) is 0 Å². The van der Waals surface area contributed by atoms with E-state index in [1.54, 1.807) is 0 Å². The molecule has 2 heteroatoms. The van der Waals surface area contributed by atoms with Crippen LogP contribution in [0.4, 0.5) is 4.39 Å². The van der Waals surface area contributed by atoms with Crippen molar-refractivity contribution in [3.63, 3.8) is 0 Å². The van der Waals surface area contributed by atoms with Gasteiger partial charge in [-0.2, -0.15) is 12.6 Å². The van der Waals surface area contributed by atoms with Gasteiger partial charge in [0.1, 0.15) is 0 Å². The number of allylic oxidation sites excluding steroid dienone is 1. The second-order valence-electron chi connectivity index (χ2n) is 6.71. The zero-order valence-electron chi connectivity index (χ0n) is 12.3. The number of hydrogen-bond donors (Lipinski definition) is 1. The molecule has 2 unspecified atom stereocenters. The van der Waals surface area contributed by atoms with Gasteiger partial charge in [-0.05, 0) is 51.4 Å². The van der Waals surface area contributed by atoms with Crippen LogP contribution in [0, 0.1) is 5.41 Å². The van der Waals surface area contributed by atoms with Crippen molar-refractivity contribution in [3.8, 4) is 0 Å². The summed E-state index contributed by atoms with van der Waals surface area (Å²) in [6, 6.07) is 0. The summed E-state index contributed by atoms with van der Waals surface area (Å²) in [5.74, 6) is 0. The van der Waals surface area contributed by atoms with Crippen LogP contribution in [-0.4, -0.2) is 11.4 Å². The van der Waals surface area contributed by atoms with Crippen molar-refractivity contribution >= 4 is 12.6 Å². The molecule has 0 aromatic heterocycles. The average Bonchev–Trinajstić information content (AvgIpc) is 2.26. The van der Waals surface area contributed by atoms with Crippen LogP contribution in [0.3, 0.4) is 0 Å². The van der Waals surface area contributed by atoms with Crippen LogP contribution in [0.5, 0.6) is 0 Å². The summed E-state index contributed by atoms with van der Waals surface area (Å²) in [5, 5.41) is 0. The lowest BCUT2D eigenvalue weighted by Crippen LogP contribution is -2.21. The van der Waals surface area contributed by atoms with Gasteiger partial charge in [-0.25, -0.2) is 0 Å². The van der Waals surface area contributed by atoms with E-state index < -0.39 is 0 Å². The maximum absolute atomic E-state index is 13.2. The molecule has 1 rings (SSSR count). The molecule has 0 saturated carbocycles. The molecule has 0 aromatic carbocycles. The highest BCUT2D eigenvalue weighted by atomic mass is 32.1. The Bertz CT molecular complexity index is 283. The summed E-state index contributed by atoms with van der Waals surface area (Å²) in [5.41, 5.74) is 1.36. The lowest BCUT2D eigenvalue weighted by molar-refractivity contribution is 0.185. The molecule has 0 aliphatic heterocycles. The predicted octanol–water partition coefficient (Wildman–Crippen LogP) is 5.73. The van der Waals surface area contributed by atoms with E-state index in [4.69, 9.17) is 12.6 Å². The van der Waals surface area contributed by atoms with Crippen LogP contribution >= 0.6 is 12.6 Å². The number of halogens is 1. The third kappa shape index (κ3) is 5.77. The largest absolute Gasteiger partial charge is 0.251 e. The Morgan fingerprint density at radius 1 is 1.11 bits per heavy atom. The summed E-state index contributed by atoms with van der Waals surface area (Å²) >= 11 is 4.76. The third-order valence-electron chi connectivity index (χ3n) is 4.19. The second-order valence-corrected chi connectivity index (χ2v) is 7.73. The molecule has 0 amide bonds. The van der Waals surface area contributed by atoms with Crippen molar-refractivity contribution < 1.29 is 4.39 Å². The average molecular weight is 272 g/mol. The number of hydrogen-bond acceptors (Lipinski definition) is 1. The molecule has 18 heavy (non-hydrogen) atoms. The molecule has 106 valence electrons. The Hall–Kier alpha value is 0.0200. The summed E-state index contributed by atoms with van der Waals surface area (Å²) in [6.45, 7) is 6.32. The SMILES string of the molecule is C/C1=C/C(C)(S)CCCC(C)(CF)CCCCC1. The van der Waals surface area contributed by atoms with Gasteiger partial charge in [-0.1, -0.05) is 37.8 Å². The van der Waals surface area contributed by atoms with Gasteiger partial charge in [0, 0.05) is 4.75 Å². The van der Waals surface area contributed by atoms with Gasteiger partial charge in [-0.15, -0.1) is 0 Å². The van der Waals surface area contributed by atoms with Gasteiger partial charge in [-0.3, -0.25) is 4.39 Å². The van der Waals surface area contributed by atoms with Crippen molar-refractivity contribution in [1.29, 1.82) is 0 Å². The third-order valence-corrected chi connectivity index (χ3v) is 4.55. The standard InChI is InChI=1S/C16H29FS/c1-14-8-5-4-6-9-15(2,13-17)10-7-11-16(3,18)12-14/h12,18H,4-11,13H2,1-3H3/b14-12-. The lowest BCUT2D eigenvalue weighted by Gasteiger charge is -2.29. The van der Waals surface area contributed by atoms with Crippen LogP contribution in [0.25, 0.3) is 0 Å². The molecule has 0 aromatic rings. The summed E-state index contributed by atoms with van der Waals surface area (Å²) in [4.78, 5) is 0. The fraction of sp³-hybridized carbons (Fsp3) is 0.875. The van der Waals surface area contributed by atoms with Crippen LogP contribution in [-0.2, 0) is 0 Å². The molecule has 0 heterocycles. The fourth-order valence-corrected chi connectivity index (χ4v) is 3.32. The van der Waals surface area contributed by atoms with E-state index in [0.717, 1.165) is 25.7 Å². The highest BCUT2D eigenvalue weighted by Crippen LogP contribution is 2.35. The first kappa shape index (κ1) is 16.1. The Morgan fingerprint density at radius 2 is 1.78 bits per heavy atom. The molecule has 0 radical (unpaired) electrons. The van der Waals surface area contributed by atoms with Crippen molar-refractivity contribution in [2.24, 2.45) is 5.41 Å². The van der Waals surface area contributed by atoms with E-state index in [1.807, 2.05) is 0 Å². The second kappa shape index (κ2) is 6.98. The number of thiol groups is 1. The minimum Gasteiger partial charge on any atom is -0.251 e. The van der Waals surface area contributed by atoms with Gasteiger partial charge >= 0.3 is 0 Å². The topological polar surface area (TPSA) is 0 Å². The monoisotopic (exact) mass is 272 g/mol. The van der Waals surface area contributed by atoms with Crippen molar-refractivity contribution in [3.05, 3.63) is 11.6 Å². The smallest absolute Gasteiger partial charge is 0.0947 e.